The first kappa shape index (κ1) is 21.0. The summed E-state index contributed by atoms with van der Waals surface area (Å²) >= 11 is 1.59. The van der Waals surface area contributed by atoms with E-state index in [9.17, 15) is 4.79 Å². The third-order valence-corrected chi connectivity index (χ3v) is 5.34. The van der Waals surface area contributed by atoms with Crippen molar-refractivity contribution in [1.82, 2.24) is 30.0 Å². The maximum Gasteiger partial charge on any atom is 0.269 e. The molecule has 4 aromatic rings. The summed E-state index contributed by atoms with van der Waals surface area (Å²) in [5, 5.41) is 13.4. The van der Waals surface area contributed by atoms with Gasteiger partial charge in [0.05, 0.1) is 23.6 Å². The van der Waals surface area contributed by atoms with Crippen molar-refractivity contribution in [2.24, 2.45) is 0 Å². The number of hydrogen-bond donors (Lipinski definition) is 2. The smallest absolute Gasteiger partial charge is 0.269 e. The highest BCUT2D eigenvalue weighted by molar-refractivity contribution is 7.99. The molecular weight excluding hydrogens is 410 g/mol. The molecule has 3 heterocycles. The normalized spacial score (nSPS) is 11.4. The van der Waals surface area contributed by atoms with Gasteiger partial charge in [0.1, 0.15) is 11.5 Å². The Morgan fingerprint density at radius 2 is 1.97 bits per heavy atom. The number of nitrogens with one attached hydrogen (secondary N) is 2. The molecule has 3 aromatic heterocycles. The lowest BCUT2D eigenvalue weighted by Gasteiger charge is -2.11. The van der Waals surface area contributed by atoms with Gasteiger partial charge in [0, 0.05) is 18.0 Å². The largest absolute Gasteiger partial charge is 0.367 e. The summed E-state index contributed by atoms with van der Waals surface area (Å²) in [7, 11) is 0. The number of fused-ring (bicyclic) bond motifs is 2. The maximum absolute atomic E-state index is 12.6. The van der Waals surface area contributed by atoms with E-state index in [0.717, 1.165) is 33.5 Å². The summed E-state index contributed by atoms with van der Waals surface area (Å²) in [6.45, 7) is 7.12. The number of benzene rings is 1. The minimum Gasteiger partial charge on any atom is -0.367 e. The second-order valence-electron chi connectivity index (χ2n) is 7.34. The van der Waals surface area contributed by atoms with Crippen LogP contribution in [0.1, 0.15) is 31.3 Å². The van der Waals surface area contributed by atoms with E-state index in [1.54, 1.807) is 28.7 Å². The minimum absolute atomic E-state index is 0.207. The third kappa shape index (κ3) is 4.77. The molecule has 1 aromatic carbocycles. The van der Waals surface area contributed by atoms with Crippen molar-refractivity contribution in [2.75, 3.05) is 17.6 Å². The number of carbonyl (C=O) groups is 1. The highest BCUT2D eigenvalue weighted by Crippen LogP contribution is 2.24. The number of nitrogens with zero attached hydrogens (tertiary/aromatic N) is 5. The van der Waals surface area contributed by atoms with E-state index in [-0.39, 0.29) is 11.9 Å². The molecule has 0 saturated carbocycles. The van der Waals surface area contributed by atoms with Crippen LogP contribution in [0.5, 0.6) is 0 Å². The lowest BCUT2D eigenvalue weighted by Crippen LogP contribution is -2.28. The van der Waals surface area contributed by atoms with E-state index >= 15 is 0 Å². The van der Waals surface area contributed by atoms with Gasteiger partial charge < -0.3 is 10.6 Å². The minimum atomic E-state index is -0.207. The van der Waals surface area contributed by atoms with Crippen LogP contribution in [0.15, 0.2) is 47.8 Å². The predicted octanol–water partition coefficient (Wildman–Crippen LogP) is 3.74. The number of para-hydroxylation sites is 1. The van der Waals surface area contributed by atoms with E-state index in [2.05, 4.69) is 51.5 Å². The Morgan fingerprint density at radius 3 is 2.77 bits per heavy atom. The maximum atomic E-state index is 12.6. The van der Waals surface area contributed by atoms with E-state index in [1.165, 1.54) is 0 Å². The molecule has 0 spiro atoms. The third-order valence-electron chi connectivity index (χ3n) is 4.61. The zero-order valence-corrected chi connectivity index (χ0v) is 18.6. The van der Waals surface area contributed by atoms with Gasteiger partial charge in [-0.3, -0.25) is 4.79 Å². The number of aromatic nitrogens is 5. The number of thioether (sulfide) groups is 1. The van der Waals surface area contributed by atoms with Crippen LogP contribution in [0.25, 0.3) is 21.9 Å². The average molecular weight is 436 g/mol. The van der Waals surface area contributed by atoms with Crippen LogP contribution < -0.4 is 10.6 Å². The van der Waals surface area contributed by atoms with Crippen molar-refractivity contribution in [3.8, 4) is 0 Å². The summed E-state index contributed by atoms with van der Waals surface area (Å²) in [4.78, 5) is 26.3. The number of carbonyl (C=O) groups excluding carboxylic acids is 1. The van der Waals surface area contributed by atoms with Gasteiger partial charge in [-0.2, -0.15) is 5.10 Å². The van der Waals surface area contributed by atoms with E-state index in [1.807, 2.05) is 30.3 Å². The molecule has 0 aliphatic rings. The second kappa shape index (κ2) is 9.30. The fourth-order valence-electron chi connectivity index (χ4n) is 3.23. The SMILES string of the molecule is CCSc1nc(NC(C)C)c2cnn(CCNC(=O)c3ccc4ccccc4n3)c2n1. The first-order chi connectivity index (χ1) is 15.0. The highest BCUT2D eigenvalue weighted by atomic mass is 32.2. The molecule has 0 unspecified atom stereocenters. The molecule has 31 heavy (non-hydrogen) atoms. The number of amides is 1. The van der Waals surface area contributed by atoms with Crippen molar-refractivity contribution in [3.05, 3.63) is 48.3 Å². The summed E-state index contributed by atoms with van der Waals surface area (Å²) in [5.41, 5.74) is 1.96. The lowest BCUT2D eigenvalue weighted by molar-refractivity contribution is 0.0947. The van der Waals surface area contributed by atoms with Crippen molar-refractivity contribution in [1.29, 1.82) is 0 Å². The Bertz CT molecular complexity index is 1220. The molecule has 1 amide bonds. The molecule has 0 radical (unpaired) electrons. The molecule has 2 N–H and O–H groups in total. The molecular formula is C22H25N7OS. The topological polar surface area (TPSA) is 97.6 Å². The Balaban J connectivity index is 1.49. The van der Waals surface area contributed by atoms with Crippen LogP contribution >= 0.6 is 11.8 Å². The molecule has 0 atom stereocenters. The number of rotatable bonds is 8. The predicted molar refractivity (Wildman–Crippen MR) is 125 cm³/mol. The summed E-state index contributed by atoms with van der Waals surface area (Å²) in [5.74, 6) is 1.46. The Hall–Kier alpha value is -3.20. The van der Waals surface area contributed by atoms with Crippen molar-refractivity contribution in [2.45, 2.75) is 38.5 Å². The van der Waals surface area contributed by atoms with Gasteiger partial charge in [-0.05, 0) is 31.7 Å². The summed E-state index contributed by atoms with van der Waals surface area (Å²) in [6.07, 6.45) is 1.77. The molecule has 9 heteroatoms. The highest BCUT2D eigenvalue weighted by Gasteiger charge is 2.14. The Morgan fingerprint density at radius 1 is 1.13 bits per heavy atom. The summed E-state index contributed by atoms with van der Waals surface area (Å²) < 4.78 is 1.80. The fourth-order valence-corrected chi connectivity index (χ4v) is 3.80. The molecule has 4 rings (SSSR count). The van der Waals surface area contributed by atoms with Crippen LogP contribution in [0.2, 0.25) is 0 Å². The van der Waals surface area contributed by atoms with Crippen molar-refractivity contribution in [3.63, 3.8) is 0 Å². The quantitative estimate of drug-likeness (QED) is 0.321. The monoisotopic (exact) mass is 435 g/mol. The van der Waals surface area contributed by atoms with E-state index in [4.69, 9.17) is 0 Å². The van der Waals surface area contributed by atoms with E-state index in [0.29, 0.717) is 23.9 Å². The van der Waals surface area contributed by atoms with Gasteiger partial charge in [0.15, 0.2) is 10.8 Å². The fraction of sp³-hybridized carbons (Fsp3) is 0.318. The number of pyridine rings is 1. The zero-order valence-electron chi connectivity index (χ0n) is 17.8. The molecule has 0 aliphatic carbocycles. The molecule has 0 saturated heterocycles. The van der Waals surface area contributed by atoms with Gasteiger partial charge in [-0.15, -0.1) is 0 Å². The van der Waals surface area contributed by atoms with Gasteiger partial charge in [0.25, 0.3) is 5.91 Å². The van der Waals surface area contributed by atoms with Crippen LogP contribution in [0, 0.1) is 0 Å². The first-order valence-electron chi connectivity index (χ1n) is 10.3. The van der Waals surface area contributed by atoms with Gasteiger partial charge in [-0.1, -0.05) is 43.0 Å². The van der Waals surface area contributed by atoms with Crippen molar-refractivity contribution < 1.29 is 4.79 Å². The molecule has 8 nitrogen and oxygen atoms in total. The average Bonchev–Trinajstić information content (AvgIpc) is 3.16. The molecule has 0 fully saturated rings. The number of anilines is 1. The van der Waals surface area contributed by atoms with E-state index < -0.39 is 0 Å². The molecule has 0 aliphatic heterocycles. The molecule has 160 valence electrons. The Kier molecular flexibility index (Phi) is 6.31. The Labute approximate surface area is 184 Å². The van der Waals surface area contributed by atoms with Crippen LogP contribution in [0.3, 0.4) is 0 Å². The van der Waals surface area contributed by atoms with Crippen molar-refractivity contribution >= 4 is 45.4 Å². The molecule has 0 bridgehead atoms. The van der Waals surface area contributed by atoms with Gasteiger partial charge >= 0.3 is 0 Å². The second-order valence-corrected chi connectivity index (χ2v) is 8.57. The summed E-state index contributed by atoms with van der Waals surface area (Å²) in [6, 6.07) is 11.6. The zero-order chi connectivity index (χ0) is 21.8. The van der Waals surface area contributed by atoms with Crippen LogP contribution in [-0.2, 0) is 6.54 Å². The first-order valence-corrected chi connectivity index (χ1v) is 11.3. The standard InChI is InChI=1S/C22H25N7OS/c1-4-31-22-27-19(25-14(2)3)16-13-24-29(20(16)28-22)12-11-23-21(30)18-10-9-15-7-5-6-8-17(15)26-18/h5-10,13-14H,4,11-12H2,1-3H3,(H,23,30)(H,25,27,28). The van der Waals surface area contributed by atoms with Gasteiger partial charge in [-0.25, -0.2) is 19.6 Å². The van der Waals surface area contributed by atoms with Crippen LogP contribution in [-0.4, -0.2) is 49.0 Å². The van der Waals surface area contributed by atoms with Gasteiger partial charge in [0.2, 0.25) is 0 Å². The van der Waals surface area contributed by atoms with Crippen LogP contribution in [0.4, 0.5) is 5.82 Å². The lowest BCUT2D eigenvalue weighted by atomic mass is 10.2. The number of hydrogen-bond acceptors (Lipinski definition) is 7.